The van der Waals surface area contributed by atoms with Crippen molar-refractivity contribution < 1.29 is 35.9 Å². The average molecular weight is 425 g/mol. The number of carbonyl (C=O) groups is 1. The maximum atomic E-state index is 12.8. The third-order valence-electron chi connectivity index (χ3n) is 4.32. The van der Waals surface area contributed by atoms with Crippen LogP contribution in [0.5, 0.6) is 0 Å². The number of rotatable bonds is 3. The van der Waals surface area contributed by atoms with Crippen LogP contribution in [-0.2, 0) is 17.1 Å². The largest absolute Gasteiger partial charge is 0.465 e. The highest BCUT2D eigenvalue weighted by Crippen LogP contribution is 2.34. The minimum Gasteiger partial charge on any atom is -0.465 e. The Morgan fingerprint density at radius 1 is 0.767 bits per heavy atom. The Balaban J connectivity index is 2.03. The number of pyridine rings is 1. The van der Waals surface area contributed by atoms with Gasteiger partial charge in [0.15, 0.2) is 0 Å². The molecule has 1 aromatic heterocycles. The van der Waals surface area contributed by atoms with E-state index in [0.29, 0.717) is 11.1 Å². The Bertz CT molecular complexity index is 1050. The molecule has 0 aliphatic heterocycles. The molecule has 0 bridgehead atoms. The summed E-state index contributed by atoms with van der Waals surface area (Å²) in [7, 11) is 1.13. The number of carbonyl (C=O) groups excluding carboxylic acids is 1. The van der Waals surface area contributed by atoms with E-state index in [1.807, 2.05) is 0 Å². The zero-order valence-electron chi connectivity index (χ0n) is 15.3. The molecule has 9 heteroatoms. The van der Waals surface area contributed by atoms with Crippen molar-refractivity contribution in [2.75, 3.05) is 7.11 Å². The number of benzene rings is 2. The molecule has 0 unspecified atom stereocenters. The second-order valence-electron chi connectivity index (χ2n) is 6.26. The SMILES string of the molecule is COC(=O)c1cc(-c2ccc(C(F)(F)F)cc2)cnc1-c1ccc(C(F)(F)F)cc1. The fourth-order valence-electron chi connectivity index (χ4n) is 2.79. The molecule has 30 heavy (non-hydrogen) atoms. The lowest BCUT2D eigenvalue weighted by atomic mass is 9.99. The van der Waals surface area contributed by atoms with Gasteiger partial charge in [0.05, 0.1) is 29.5 Å². The van der Waals surface area contributed by atoms with Gasteiger partial charge >= 0.3 is 18.3 Å². The molecule has 0 saturated heterocycles. The van der Waals surface area contributed by atoms with E-state index >= 15 is 0 Å². The first kappa shape index (κ1) is 21.4. The van der Waals surface area contributed by atoms with E-state index in [1.54, 1.807) is 0 Å². The van der Waals surface area contributed by atoms with E-state index < -0.39 is 29.4 Å². The molecular weight excluding hydrogens is 412 g/mol. The van der Waals surface area contributed by atoms with Crippen LogP contribution in [0.25, 0.3) is 22.4 Å². The van der Waals surface area contributed by atoms with Crippen molar-refractivity contribution in [2.24, 2.45) is 0 Å². The molecule has 0 aliphatic carbocycles. The number of aromatic nitrogens is 1. The number of methoxy groups -OCH3 is 1. The van der Waals surface area contributed by atoms with Crippen LogP contribution < -0.4 is 0 Å². The van der Waals surface area contributed by atoms with E-state index in [0.717, 1.165) is 31.4 Å². The van der Waals surface area contributed by atoms with Crippen molar-refractivity contribution in [2.45, 2.75) is 12.4 Å². The molecule has 0 fully saturated rings. The van der Waals surface area contributed by atoms with Gasteiger partial charge in [-0.1, -0.05) is 24.3 Å². The predicted octanol–water partition coefficient (Wildman–Crippen LogP) is 6.24. The first-order valence-electron chi connectivity index (χ1n) is 8.44. The van der Waals surface area contributed by atoms with Crippen LogP contribution >= 0.6 is 0 Å². The van der Waals surface area contributed by atoms with Crippen molar-refractivity contribution in [3.63, 3.8) is 0 Å². The third kappa shape index (κ3) is 4.45. The van der Waals surface area contributed by atoms with E-state index in [1.165, 1.54) is 36.5 Å². The van der Waals surface area contributed by atoms with Crippen LogP contribution in [0.1, 0.15) is 21.5 Å². The highest BCUT2D eigenvalue weighted by Gasteiger charge is 2.31. The molecule has 0 aliphatic rings. The zero-order valence-corrected chi connectivity index (χ0v) is 15.3. The summed E-state index contributed by atoms with van der Waals surface area (Å²) < 4.78 is 81.2. The van der Waals surface area contributed by atoms with Gasteiger partial charge in [-0.2, -0.15) is 26.3 Å². The van der Waals surface area contributed by atoms with Gasteiger partial charge in [-0.15, -0.1) is 0 Å². The molecule has 0 saturated carbocycles. The Labute approximate surface area is 166 Å². The summed E-state index contributed by atoms with van der Waals surface area (Å²) in [5.74, 6) is -0.786. The van der Waals surface area contributed by atoms with Crippen LogP contribution in [0.4, 0.5) is 26.3 Å². The van der Waals surface area contributed by atoms with Crippen molar-refractivity contribution >= 4 is 5.97 Å². The first-order valence-corrected chi connectivity index (χ1v) is 8.44. The monoisotopic (exact) mass is 425 g/mol. The molecule has 1 heterocycles. The molecule has 0 spiro atoms. The molecular formula is C21H13F6NO2. The zero-order chi connectivity index (χ0) is 22.1. The van der Waals surface area contributed by atoms with Gasteiger partial charge in [0.1, 0.15) is 0 Å². The molecule has 3 rings (SSSR count). The van der Waals surface area contributed by atoms with Crippen molar-refractivity contribution in [1.29, 1.82) is 0 Å². The van der Waals surface area contributed by atoms with Crippen LogP contribution in [0.2, 0.25) is 0 Å². The number of hydrogen-bond donors (Lipinski definition) is 0. The standard InChI is InChI=1S/C21H13F6NO2/c1-30-19(29)17-10-14(12-2-6-15(7-3-12)20(22,23)24)11-28-18(17)13-4-8-16(9-5-13)21(25,26)27/h2-11H,1H3. The van der Waals surface area contributed by atoms with Gasteiger partial charge < -0.3 is 4.74 Å². The summed E-state index contributed by atoms with van der Waals surface area (Å²) in [5, 5.41) is 0. The minimum atomic E-state index is -4.51. The Kier molecular flexibility index (Phi) is 5.56. The molecule has 156 valence electrons. The topological polar surface area (TPSA) is 39.2 Å². The van der Waals surface area contributed by atoms with Crippen LogP contribution in [0, 0.1) is 0 Å². The fraction of sp³-hybridized carbons (Fsp3) is 0.143. The second-order valence-corrected chi connectivity index (χ2v) is 6.26. The molecule has 0 N–H and O–H groups in total. The third-order valence-corrected chi connectivity index (χ3v) is 4.32. The second kappa shape index (κ2) is 7.81. The van der Waals surface area contributed by atoms with Gasteiger partial charge in [0.2, 0.25) is 0 Å². The summed E-state index contributed by atoms with van der Waals surface area (Å²) in [6.07, 6.45) is -7.67. The summed E-state index contributed by atoms with van der Waals surface area (Å²) in [5.41, 5.74) is -0.649. The Morgan fingerprint density at radius 2 is 1.23 bits per heavy atom. The van der Waals surface area contributed by atoms with Crippen LogP contribution in [-0.4, -0.2) is 18.1 Å². The highest BCUT2D eigenvalue weighted by atomic mass is 19.4. The summed E-state index contributed by atoms with van der Waals surface area (Å²) in [4.78, 5) is 16.4. The van der Waals surface area contributed by atoms with Crippen molar-refractivity contribution in [3.05, 3.63) is 77.5 Å². The number of nitrogens with zero attached hydrogens (tertiary/aromatic N) is 1. The Morgan fingerprint density at radius 3 is 1.67 bits per heavy atom. The molecule has 3 nitrogen and oxygen atoms in total. The molecule has 0 amide bonds. The summed E-state index contributed by atoms with van der Waals surface area (Å²) in [6.45, 7) is 0. The molecule has 2 aromatic carbocycles. The van der Waals surface area contributed by atoms with Crippen molar-refractivity contribution in [1.82, 2.24) is 4.98 Å². The number of halogens is 6. The lowest BCUT2D eigenvalue weighted by Crippen LogP contribution is -2.07. The van der Waals surface area contributed by atoms with E-state index in [4.69, 9.17) is 4.74 Å². The number of hydrogen-bond acceptors (Lipinski definition) is 3. The minimum absolute atomic E-state index is 0.0327. The van der Waals surface area contributed by atoms with Crippen LogP contribution in [0.15, 0.2) is 60.8 Å². The Hall–Kier alpha value is -3.36. The molecule has 0 radical (unpaired) electrons. The number of alkyl halides is 6. The van der Waals surface area contributed by atoms with Crippen LogP contribution in [0.3, 0.4) is 0 Å². The quantitative estimate of drug-likeness (QED) is 0.368. The normalized spacial score (nSPS) is 12.0. The maximum Gasteiger partial charge on any atom is 0.416 e. The lowest BCUT2D eigenvalue weighted by Gasteiger charge is -2.12. The predicted molar refractivity (Wildman–Crippen MR) is 96.5 cm³/mol. The fourth-order valence-corrected chi connectivity index (χ4v) is 2.79. The average Bonchev–Trinajstić information content (AvgIpc) is 2.71. The summed E-state index contributed by atoms with van der Waals surface area (Å²) in [6, 6.07) is 9.72. The van der Waals surface area contributed by atoms with E-state index in [9.17, 15) is 31.1 Å². The van der Waals surface area contributed by atoms with Gasteiger partial charge in [-0.3, -0.25) is 4.98 Å². The summed E-state index contributed by atoms with van der Waals surface area (Å²) >= 11 is 0. The van der Waals surface area contributed by atoms with E-state index in [2.05, 4.69) is 4.98 Å². The molecule has 0 atom stereocenters. The number of esters is 1. The lowest BCUT2D eigenvalue weighted by molar-refractivity contribution is -0.138. The van der Waals surface area contributed by atoms with Gasteiger partial charge in [-0.05, 0) is 35.9 Å². The van der Waals surface area contributed by atoms with Gasteiger partial charge in [-0.25, -0.2) is 4.79 Å². The highest BCUT2D eigenvalue weighted by molar-refractivity contribution is 5.97. The number of ether oxygens (including phenoxy) is 1. The van der Waals surface area contributed by atoms with Gasteiger partial charge in [0, 0.05) is 17.3 Å². The molecule has 3 aromatic rings. The van der Waals surface area contributed by atoms with Gasteiger partial charge in [0.25, 0.3) is 0 Å². The first-order chi connectivity index (χ1) is 14.0. The van der Waals surface area contributed by atoms with E-state index in [-0.39, 0.29) is 16.8 Å². The maximum absolute atomic E-state index is 12.8. The smallest absolute Gasteiger partial charge is 0.416 e. The van der Waals surface area contributed by atoms with Crippen molar-refractivity contribution in [3.8, 4) is 22.4 Å².